The Hall–Kier alpha value is -1.20. The Morgan fingerprint density at radius 1 is 1.26 bits per heavy atom. The number of rotatable bonds is 8. The van der Waals surface area contributed by atoms with E-state index in [-0.39, 0.29) is 17.7 Å². The van der Waals surface area contributed by atoms with E-state index in [1.807, 2.05) is 19.2 Å². The van der Waals surface area contributed by atoms with Gasteiger partial charge in [-0.1, -0.05) is 25.1 Å². The number of alkyl halides is 2. The van der Waals surface area contributed by atoms with Crippen molar-refractivity contribution in [3.63, 3.8) is 0 Å². The van der Waals surface area contributed by atoms with Crippen LogP contribution in [0.3, 0.4) is 0 Å². The Morgan fingerprint density at radius 2 is 1.95 bits per heavy atom. The van der Waals surface area contributed by atoms with Crippen molar-refractivity contribution in [3.8, 4) is 5.75 Å². The summed E-state index contributed by atoms with van der Waals surface area (Å²) in [5.74, 6) is 0.466. The molecule has 2 unspecified atom stereocenters. The van der Waals surface area contributed by atoms with E-state index >= 15 is 0 Å². The maximum absolute atomic E-state index is 12.4. The van der Waals surface area contributed by atoms with Crippen LogP contribution >= 0.6 is 0 Å². The van der Waals surface area contributed by atoms with Crippen LogP contribution in [-0.2, 0) is 4.74 Å². The lowest BCUT2D eigenvalue weighted by molar-refractivity contribution is -0.0509. The number of halogens is 2. The average molecular weight is 273 g/mol. The minimum atomic E-state index is -2.81. The molecule has 0 heterocycles. The molecule has 108 valence electrons. The van der Waals surface area contributed by atoms with Crippen molar-refractivity contribution in [1.82, 2.24) is 5.32 Å². The van der Waals surface area contributed by atoms with Gasteiger partial charge in [-0.2, -0.15) is 8.78 Å². The highest BCUT2D eigenvalue weighted by Gasteiger charge is 2.21. The number of hydrogen-bond donors (Lipinski definition) is 1. The summed E-state index contributed by atoms with van der Waals surface area (Å²) in [7, 11) is 3.46. The van der Waals surface area contributed by atoms with Crippen LogP contribution in [0.15, 0.2) is 24.3 Å². The summed E-state index contributed by atoms with van der Waals surface area (Å²) in [6, 6.07) is 6.83. The zero-order chi connectivity index (χ0) is 14.3. The van der Waals surface area contributed by atoms with Gasteiger partial charge in [0, 0.05) is 25.3 Å². The Bertz CT molecular complexity index is 374. The van der Waals surface area contributed by atoms with Gasteiger partial charge in [0.15, 0.2) is 0 Å². The van der Waals surface area contributed by atoms with Crippen molar-refractivity contribution in [2.24, 2.45) is 5.92 Å². The van der Waals surface area contributed by atoms with Gasteiger partial charge in [-0.15, -0.1) is 0 Å². The number of methoxy groups -OCH3 is 1. The van der Waals surface area contributed by atoms with Gasteiger partial charge in [0.2, 0.25) is 0 Å². The fourth-order valence-electron chi connectivity index (χ4n) is 2.16. The number of benzene rings is 1. The summed E-state index contributed by atoms with van der Waals surface area (Å²) in [5, 5.41) is 3.16. The van der Waals surface area contributed by atoms with E-state index in [0.717, 1.165) is 12.0 Å². The monoisotopic (exact) mass is 273 g/mol. The number of nitrogens with one attached hydrogen (secondary N) is 1. The van der Waals surface area contributed by atoms with Crippen LogP contribution in [0.5, 0.6) is 5.75 Å². The van der Waals surface area contributed by atoms with Crippen LogP contribution in [0.1, 0.15) is 24.9 Å². The van der Waals surface area contributed by atoms with E-state index in [2.05, 4.69) is 17.0 Å². The van der Waals surface area contributed by atoms with Crippen LogP contribution in [0.25, 0.3) is 0 Å². The number of hydrogen-bond acceptors (Lipinski definition) is 3. The molecule has 1 aromatic rings. The molecule has 0 aliphatic heterocycles. The van der Waals surface area contributed by atoms with Crippen molar-refractivity contribution in [2.75, 3.05) is 20.8 Å². The Labute approximate surface area is 112 Å². The van der Waals surface area contributed by atoms with E-state index in [9.17, 15) is 8.78 Å². The first-order valence-electron chi connectivity index (χ1n) is 6.30. The molecule has 0 aliphatic carbocycles. The Kier molecular flexibility index (Phi) is 6.73. The van der Waals surface area contributed by atoms with Crippen LogP contribution in [0.2, 0.25) is 0 Å². The maximum atomic E-state index is 12.4. The molecule has 19 heavy (non-hydrogen) atoms. The summed E-state index contributed by atoms with van der Waals surface area (Å²) >= 11 is 0. The second-order valence-electron chi connectivity index (χ2n) is 4.44. The van der Waals surface area contributed by atoms with Crippen LogP contribution in [0.4, 0.5) is 8.78 Å². The van der Waals surface area contributed by atoms with E-state index in [1.54, 1.807) is 19.2 Å². The molecule has 0 amide bonds. The third kappa shape index (κ3) is 4.76. The van der Waals surface area contributed by atoms with E-state index in [4.69, 9.17) is 4.74 Å². The van der Waals surface area contributed by atoms with Gasteiger partial charge < -0.3 is 14.8 Å². The van der Waals surface area contributed by atoms with Crippen molar-refractivity contribution in [3.05, 3.63) is 29.8 Å². The summed E-state index contributed by atoms with van der Waals surface area (Å²) in [6.45, 7) is -0.121. The molecule has 0 fully saturated rings. The van der Waals surface area contributed by atoms with Gasteiger partial charge in [-0.25, -0.2) is 0 Å². The molecule has 1 N–H and O–H groups in total. The van der Waals surface area contributed by atoms with Crippen LogP contribution in [0, 0.1) is 5.92 Å². The zero-order valence-electron chi connectivity index (χ0n) is 11.5. The van der Waals surface area contributed by atoms with Crippen molar-refractivity contribution >= 4 is 0 Å². The largest absolute Gasteiger partial charge is 0.434 e. The second-order valence-corrected chi connectivity index (χ2v) is 4.44. The fraction of sp³-hybridized carbons (Fsp3) is 0.571. The predicted molar refractivity (Wildman–Crippen MR) is 70.5 cm³/mol. The van der Waals surface area contributed by atoms with E-state index < -0.39 is 6.61 Å². The molecule has 2 atom stereocenters. The molecule has 0 radical (unpaired) electrons. The molecule has 3 nitrogen and oxygen atoms in total. The average Bonchev–Trinajstić information content (AvgIpc) is 2.38. The van der Waals surface area contributed by atoms with E-state index in [0.29, 0.717) is 6.61 Å². The quantitative estimate of drug-likeness (QED) is 0.789. The molecule has 0 saturated heterocycles. The van der Waals surface area contributed by atoms with E-state index in [1.165, 1.54) is 0 Å². The first-order chi connectivity index (χ1) is 9.10. The molecule has 0 saturated carbocycles. The fourth-order valence-corrected chi connectivity index (χ4v) is 2.16. The summed E-state index contributed by atoms with van der Waals surface area (Å²) in [4.78, 5) is 0. The highest BCUT2D eigenvalue weighted by Crippen LogP contribution is 2.32. The van der Waals surface area contributed by atoms with Crippen LogP contribution < -0.4 is 10.1 Å². The highest BCUT2D eigenvalue weighted by atomic mass is 19.3. The van der Waals surface area contributed by atoms with Gasteiger partial charge in [0.25, 0.3) is 0 Å². The minimum absolute atomic E-state index is 0.0508. The normalized spacial score (nSPS) is 14.4. The zero-order valence-corrected chi connectivity index (χ0v) is 11.5. The maximum Gasteiger partial charge on any atom is 0.387 e. The topological polar surface area (TPSA) is 30.5 Å². The Balaban J connectivity index is 2.90. The summed E-state index contributed by atoms with van der Waals surface area (Å²) in [6.07, 6.45) is 0.838. The molecule has 0 bridgehead atoms. The second kappa shape index (κ2) is 8.07. The third-order valence-electron chi connectivity index (χ3n) is 3.13. The summed E-state index contributed by atoms with van der Waals surface area (Å²) in [5.41, 5.74) is 0.744. The first-order valence-corrected chi connectivity index (χ1v) is 6.30. The first kappa shape index (κ1) is 15.9. The smallest absolute Gasteiger partial charge is 0.387 e. The van der Waals surface area contributed by atoms with Crippen molar-refractivity contribution in [1.29, 1.82) is 0 Å². The Morgan fingerprint density at radius 3 is 2.53 bits per heavy atom. The lowest BCUT2D eigenvalue weighted by atomic mass is 9.91. The summed E-state index contributed by atoms with van der Waals surface area (Å²) < 4.78 is 34.5. The van der Waals surface area contributed by atoms with Crippen molar-refractivity contribution in [2.45, 2.75) is 26.0 Å². The molecule has 0 aliphatic rings. The van der Waals surface area contributed by atoms with Gasteiger partial charge in [-0.3, -0.25) is 0 Å². The molecular weight excluding hydrogens is 252 g/mol. The SMILES string of the molecule is CNC(c1ccccc1OC(F)F)C(C)CCOC. The van der Waals surface area contributed by atoms with Crippen molar-refractivity contribution < 1.29 is 18.3 Å². The third-order valence-corrected chi connectivity index (χ3v) is 3.13. The van der Waals surface area contributed by atoms with Gasteiger partial charge >= 0.3 is 6.61 Å². The molecule has 1 rings (SSSR count). The van der Waals surface area contributed by atoms with Gasteiger partial charge in [0.05, 0.1) is 0 Å². The highest BCUT2D eigenvalue weighted by molar-refractivity contribution is 5.36. The molecule has 5 heteroatoms. The predicted octanol–water partition coefficient (Wildman–Crippen LogP) is 3.22. The minimum Gasteiger partial charge on any atom is -0.434 e. The molecular formula is C14H21F2NO2. The molecule has 1 aromatic carbocycles. The number of para-hydroxylation sites is 1. The van der Waals surface area contributed by atoms with Gasteiger partial charge in [0.1, 0.15) is 5.75 Å². The van der Waals surface area contributed by atoms with Gasteiger partial charge in [-0.05, 0) is 25.5 Å². The standard InChI is InChI=1S/C14H21F2NO2/c1-10(8-9-18-3)13(17-2)11-6-4-5-7-12(11)19-14(15)16/h4-7,10,13-14,17H,8-9H2,1-3H3. The molecule has 0 aromatic heterocycles. The lowest BCUT2D eigenvalue weighted by Gasteiger charge is -2.25. The number of ether oxygens (including phenoxy) is 2. The molecule has 0 spiro atoms. The van der Waals surface area contributed by atoms with Crippen LogP contribution in [-0.4, -0.2) is 27.4 Å². The lowest BCUT2D eigenvalue weighted by Crippen LogP contribution is -2.25.